The van der Waals surface area contributed by atoms with Gasteiger partial charge in [-0.25, -0.2) is 9.78 Å². The lowest BCUT2D eigenvalue weighted by atomic mass is 10.3. The number of methoxy groups -OCH3 is 1. The molecule has 6 nitrogen and oxygen atoms in total. The van der Waals surface area contributed by atoms with Gasteiger partial charge in [0.05, 0.1) is 24.5 Å². The van der Waals surface area contributed by atoms with Crippen molar-refractivity contribution < 1.29 is 9.53 Å². The Balaban J connectivity index is 1.94. The van der Waals surface area contributed by atoms with Crippen LogP contribution in [0.25, 0.3) is 11.0 Å². The maximum atomic E-state index is 11.4. The fourth-order valence-corrected chi connectivity index (χ4v) is 1.93. The molecule has 0 bridgehead atoms. The van der Waals surface area contributed by atoms with E-state index >= 15 is 0 Å². The van der Waals surface area contributed by atoms with Gasteiger partial charge < -0.3 is 19.9 Å². The number of carbonyl (C=O) groups is 1. The number of hydrogen-bond acceptors (Lipinski definition) is 3. The molecule has 0 unspecified atom stereocenters. The van der Waals surface area contributed by atoms with Gasteiger partial charge in [-0.3, -0.25) is 0 Å². The van der Waals surface area contributed by atoms with Crippen LogP contribution in [0.4, 0.5) is 4.79 Å². The molecule has 0 saturated carbocycles. The molecular formula is C14H20N4O2. The van der Waals surface area contributed by atoms with E-state index in [0.717, 1.165) is 23.2 Å². The van der Waals surface area contributed by atoms with Gasteiger partial charge in [0, 0.05) is 25.7 Å². The number of ether oxygens (including phenoxy) is 1. The van der Waals surface area contributed by atoms with E-state index in [4.69, 9.17) is 4.74 Å². The van der Waals surface area contributed by atoms with Crippen molar-refractivity contribution in [3.8, 4) is 5.75 Å². The smallest absolute Gasteiger partial charge is 0.314 e. The number of carbonyl (C=O) groups excluding carboxylic acids is 1. The monoisotopic (exact) mass is 276 g/mol. The van der Waals surface area contributed by atoms with Gasteiger partial charge in [-0.1, -0.05) is 6.92 Å². The fraction of sp³-hybridized carbons (Fsp3) is 0.429. The molecule has 6 heteroatoms. The molecular weight excluding hydrogens is 256 g/mol. The number of nitrogens with zero attached hydrogens (tertiary/aromatic N) is 2. The van der Waals surface area contributed by atoms with Crippen molar-refractivity contribution in [1.29, 1.82) is 0 Å². The van der Waals surface area contributed by atoms with Crippen molar-refractivity contribution >= 4 is 17.1 Å². The molecule has 0 aliphatic carbocycles. The molecule has 0 saturated heterocycles. The van der Waals surface area contributed by atoms with Gasteiger partial charge in [-0.2, -0.15) is 0 Å². The van der Waals surface area contributed by atoms with E-state index in [0.29, 0.717) is 19.6 Å². The predicted octanol–water partition coefficient (Wildman–Crippen LogP) is 1.75. The molecule has 0 aliphatic rings. The molecule has 0 atom stereocenters. The molecule has 2 amide bonds. The number of aromatic nitrogens is 2. The van der Waals surface area contributed by atoms with Crippen LogP contribution in [0.2, 0.25) is 0 Å². The molecule has 0 radical (unpaired) electrons. The van der Waals surface area contributed by atoms with Gasteiger partial charge >= 0.3 is 6.03 Å². The average molecular weight is 276 g/mol. The lowest BCUT2D eigenvalue weighted by molar-refractivity contribution is 0.240. The molecule has 0 fully saturated rings. The second-order valence-corrected chi connectivity index (χ2v) is 4.48. The van der Waals surface area contributed by atoms with E-state index in [2.05, 4.69) is 15.6 Å². The summed E-state index contributed by atoms with van der Waals surface area (Å²) >= 11 is 0. The van der Waals surface area contributed by atoms with E-state index in [9.17, 15) is 4.79 Å². The highest BCUT2D eigenvalue weighted by molar-refractivity contribution is 5.77. The van der Waals surface area contributed by atoms with Gasteiger partial charge in [0.15, 0.2) is 0 Å². The van der Waals surface area contributed by atoms with Crippen LogP contribution >= 0.6 is 0 Å². The molecule has 2 N–H and O–H groups in total. The number of urea groups is 1. The predicted molar refractivity (Wildman–Crippen MR) is 78.0 cm³/mol. The van der Waals surface area contributed by atoms with Crippen LogP contribution < -0.4 is 15.4 Å². The third-order valence-electron chi connectivity index (χ3n) is 3.00. The first-order valence-electron chi connectivity index (χ1n) is 6.75. The Morgan fingerprint density at radius 2 is 2.15 bits per heavy atom. The lowest BCUT2D eigenvalue weighted by Crippen LogP contribution is -2.37. The highest BCUT2D eigenvalue weighted by Crippen LogP contribution is 2.19. The number of fused-ring (bicyclic) bond motifs is 1. The number of nitrogens with one attached hydrogen (secondary N) is 2. The average Bonchev–Trinajstić information content (AvgIpc) is 2.87. The number of amides is 2. The SMILES string of the molecule is CCCNC(=O)NCCn1cnc2ccc(OC)cc21. The number of imidazole rings is 1. The minimum absolute atomic E-state index is 0.131. The zero-order valence-corrected chi connectivity index (χ0v) is 11.8. The first kappa shape index (κ1) is 14.2. The van der Waals surface area contributed by atoms with Crippen molar-refractivity contribution in [1.82, 2.24) is 20.2 Å². The molecule has 108 valence electrons. The van der Waals surface area contributed by atoms with Crippen LogP contribution in [0.3, 0.4) is 0 Å². The highest BCUT2D eigenvalue weighted by Gasteiger charge is 2.04. The molecule has 0 spiro atoms. The molecule has 1 aromatic carbocycles. The van der Waals surface area contributed by atoms with Crippen LogP contribution in [0.5, 0.6) is 5.75 Å². The van der Waals surface area contributed by atoms with Crippen LogP contribution in [0.1, 0.15) is 13.3 Å². The van der Waals surface area contributed by atoms with Crippen LogP contribution in [-0.2, 0) is 6.54 Å². The van der Waals surface area contributed by atoms with Crippen LogP contribution in [0.15, 0.2) is 24.5 Å². The quantitative estimate of drug-likeness (QED) is 0.844. The minimum Gasteiger partial charge on any atom is -0.497 e. The molecule has 0 aliphatic heterocycles. The summed E-state index contributed by atoms with van der Waals surface area (Å²) in [5.74, 6) is 0.799. The van der Waals surface area contributed by atoms with Crippen molar-refractivity contribution in [2.75, 3.05) is 20.2 Å². The van der Waals surface area contributed by atoms with Crippen LogP contribution in [0, 0.1) is 0 Å². The Morgan fingerprint density at radius 3 is 2.90 bits per heavy atom. The first-order valence-corrected chi connectivity index (χ1v) is 6.75. The van der Waals surface area contributed by atoms with Crippen LogP contribution in [-0.4, -0.2) is 35.8 Å². The summed E-state index contributed by atoms with van der Waals surface area (Å²) in [4.78, 5) is 15.7. The third kappa shape index (κ3) is 3.40. The Kier molecular flexibility index (Phi) is 4.81. The zero-order valence-electron chi connectivity index (χ0n) is 11.8. The standard InChI is InChI=1S/C14H20N4O2/c1-3-6-15-14(19)16-7-8-18-10-17-12-5-4-11(20-2)9-13(12)18/h4-5,9-10H,3,6-8H2,1-2H3,(H2,15,16,19). The highest BCUT2D eigenvalue weighted by atomic mass is 16.5. The zero-order chi connectivity index (χ0) is 14.4. The van der Waals surface area contributed by atoms with Gasteiger partial charge in [-0.05, 0) is 18.6 Å². The summed E-state index contributed by atoms with van der Waals surface area (Å²) < 4.78 is 7.21. The van der Waals surface area contributed by atoms with Gasteiger partial charge in [0.1, 0.15) is 5.75 Å². The van der Waals surface area contributed by atoms with Crippen molar-refractivity contribution in [3.05, 3.63) is 24.5 Å². The number of hydrogen-bond donors (Lipinski definition) is 2. The fourth-order valence-electron chi connectivity index (χ4n) is 1.93. The van der Waals surface area contributed by atoms with Crippen molar-refractivity contribution in [2.24, 2.45) is 0 Å². The molecule has 1 heterocycles. The van der Waals surface area contributed by atoms with E-state index in [1.54, 1.807) is 13.4 Å². The van der Waals surface area contributed by atoms with Crippen molar-refractivity contribution in [2.45, 2.75) is 19.9 Å². The summed E-state index contributed by atoms with van der Waals surface area (Å²) in [5.41, 5.74) is 1.92. The molecule has 2 aromatic rings. The van der Waals surface area contributed by atoms with E-state index in [-0.39, 0.29) is 6.03 Å². The number of benzene rings is 1. The van der Waals surface area contributed by atoms with Gasteiger partial charge in [-0.15, -0.1) is 0 Å². The first-order chi connectivity index (χ1) is 9.74. The minimum atomic E-state index is -0.131. The Hall–Kier alpha value is -2.24. The second-order valence-electron chi connectivity index (χ2n) is 4.48. The summed E-state index contributed by atoms with van der Waals surface area (Å²) in [6, 6.07) is 5.62. The Labute approximate surface area is 118 Å². The summed E-state index contributed by atoms with van der Waals surface area (Å²) in [6.07, 6.45) is 2.70. The van der Waals surface area contributed by atoms with E-state index in [1.807, 2.05) is 29.7 Å². The molecule has 2 rings (SSSR count). The van der Waals surface area contributed by atoms with E-state index < -0.39 is 0 Å². The largest absolute Gasteiger partial charge is 0.497 e. The van der Waals surface area contributed by atoms with E-state index in [1.165, 1.54) is 0 Å². The topological polar surface area (TPSA) is 68.2 Å². The van der Waals surface area contributed by atoms with Gasteiger partial charge in [0.25, 0.3) is 0 Å². The normalized spacial score (nSPS) is 10.5. The lowest BCUT2D eigenvalue weighted by Gasteiger charge is -2.08. The number of rotatable bonds is 6. The van der Waals surface area contributed by atoms with Crippen molar-refractivity contribution in [3.63, 3.8) is 0 Å². The Bertz CT molecular complexity index is 580. The summed E-state index contributed by atoms with van der Waals surface area (Å²) in [7, 11) is 1.64. The third-order valence-corrected chi connectivity index (χ3v) is 3.00. The Morgan fingerprint density at radius 1 is 1.35 bits per heavy atom. The second kappa shape index (κ2) is 6.79. The molecule has 1 aromatic heterocycles. The summed E-state index contributed by atoms with van der Waals surface area (Å²) in [6.45, 7) is 3.93. The van der Waals surface area contributed by atoms with Gasteiger partial charge in [0.2, 0.25) is 0 Å². The molecule has 20 heavy (non-hydrogen) atoms. The maximum absolute atomic E-state index is 11.4. The summed E-state index contributed by atoms with van der Waals surface area (Å²) in [5, 5.41) is 5.59. The maximum Gasteiger partial charge on any atom is 0.314 e.